The molecule has 0 N–H and O–H groups in total. The Bertz CT molecular complexity index is 337. The van der Waals surface area contributed by atoms with Gasteiger partial charge in [-0.3, -0.25) is 0 Å². The van der Waals surface area contributed by atoms with Crippen LogP contribution in [0.2, 0.25) is 0 Å². The van der Waals surface area contributed by atoms with E-state index in [4.69, 9.17) is 10.00 Å². The SMILES string of the molecule is C=CCN(C)/C=C/C=C(/C#N)C(=O)OCC. The fourth-order valence-electron chi connectivity index (χ4n) is 0.910. The molecule has 0 saturated heterocycles. The van der Waals surface area contributed by atoms with Crippen molar-refractivity contribution in [3.63, 3.8) is 0 Å². The number of carbonyl (C=O) groups excluding carboxylic acids is 1. The molecule has 0 aromatic rings. The lowest BCUT2D eigenvalue weighted by molar-refractivity contribution is -0.138. The largest absolute Gasteiger partial charge is 0.462 e. The van der Waals surface area contributed by atoms with Gasteiger partial charge in [0.05, 0.1) is 6.61 Å². The van der Waals surface area contributed by atoms with Gasteiger partial charge in [0, 0.05) is 13.6 Å². The maximum Gasteiger partial charge on any atom is 0.348 e. The van der Waals surface area contributed by atoms with Crippen molar-refractivity contribution in [1.82, 2.24) is 4.90 Å². The molecule has 0 rings (SSSR count). The van der Waals surface area contributed by atoms with E-state index in [0.717, 1.165) is 0 Å². The summed E-state index contributed by atoms with van der Waals surface area (Å²) < 4.78 is 4.71. The van der Waals surface area contributed by atoms with Gasteiger partial charge in [-0.25, -0.2) is 4.79 Å². The van der Waals surface area contributed by atoms with Gasteiger partial charge in [0.15, 0.2) is 0 Å². The summed E-state index contributed by atoms with van der Waals surface area (Å²) in [6.07, 6.45) is 6.55. The summed E-state index contributed by atoms with van der Waals surface area (Å²) >= 11 is 0. The van der Waals surface area contributed by atoms with Crippen molar-refractivity contribution in [2.45, 2.75) is 6.92 Å². The molecule has 0 aliphatic heterocycles. The molecule has 0 aliphatic rings. The molecule has 16 heavy (non-hydrogen) atoms. The van der Waals surface area contributed by atoms with Gasteiger partial charge in [-0.05, 0) is 25.3 Å². The summed E-state index contributed by atoms with van der Waals surface area (Å²) in [5, 5.41) is 8.71. The van der Waals surface area contributed by atoms with Gasteiger partial charge in [0.25, 0.3) is 0 Å². The first-order valence-electron chi connectivity index (χ1n) is 4.92. The lowest BCUT2D eigenvalue weighted by Crippen LogP contribution is -2.09. The first-order valence-corrected chi connectivity index (χ1v) is 4.92. The topological polar surface area (TPSA) is 53.3 Å². The lowest BCUT2D eigenvalue weighted by atomic mass is 10.3. The van der Waals surface area contributed by atoms with E-state index in [-0.39, 0.29) is 12.2 Å². The first-order chi connectivity index (χ1) is 7.65. The third kappa shape index (κ3) is 5.66. The van der Waals surface area contributed by atoms with Crippen LogP contribution in [0.15, 0.2) is 36.6 Å². The minimum Gasteiger partial charge on any atom is -0.462 e. The Morgan fingerprint density at radius 3 is 2.81 bits per heavy atom. The third-order valence-corrected chi connectivity index (χ3v) is 1.64. The molecule has 0 fully saturated rings. The minimum atomic E-state index is -0.596. The Morgan fingerprint density at radius 1 is 1.62 bits per heavy atom. The van der Waals surface area contributed by atoms with Crippen molar-refractivity contribution < 1.29 is 9.53 Å². The zero-order chi connectivity index (χ0) is 12.4. The number of allylic oxidation sites excluding steroid dienone is 2. The van der Waals surface area contributed by atoms with Gasteiger partial charge in [0.1, 0.15) is 11.6 Å². The minimum absolute atomic E-state index is 0.00916. The van der Waals surface area contributed by atoms with Gasteiger partial charge in [-0.15, -0.1) is 6.58 Å². The van der Waals surface area contributed by atoms with E-state index in [1.54, 1.807) is 31.3 Å². The standard InChI is InChI=1S/C12H16N2O2/c1-4-8-14(3)9-6-7-11(10-13)12(15)16-5-2/h4,6-7,9H,1,5,8H2,2-3H3/b9-6+,11-7-. The van der Waals surface area contributed by atoms with E-state index in [1.165, 1.54) is 6.08 Å². The number of likely N-dealkylation sites (N-methyl/N-ethyl adjacent to an activating group) is 1. The van der Waals surface area contributed by atoms with Gasteiger partial charge < -0.3 is 9.64 Å². The fraction of sp³-hybridized carbons (Fsp3) is 0.333. The summed E-state index contributed by atoms with van der Waals surface area (Å²) in [5.74, 6) is -0.596. The molecule has 0 aromatic heterocycles. The van der Waals surface area contributed by atoms with E-state index < -0.39 is 5.97 Å². The van der Waals surface area contributed by atoms with E-state index in [1.807, 2.05) is 11.9 Å². The number of nitrogens with zero attached hydrogens (tertiary/aromatic N) is 2. The molecule has 86 valence electrons. The molecule has 0 bridgehead atoms. The molecule has 0 unspecified atom stereocenters. The van der Waals surface area contributed by atoms with Crippen LogP contribution in [0.1, 0.15) is 6.92 Å². The van der Waals surface area contributed by atoms with Crippen molar-refractivity contribution in [2.75, 3.05) is 20.2 Å². The molecule has 0 atom stereocenters. The number of hydrogen-bond acceptors (Lipinski definition) is 4. The van der Waals surface area contributed by atoms with E-state index in [9.17, 15) is 4.79 Å². The number of rotatable bonds is 6. The zero-order valence-corrected chi connectivity index (χ0v) is 9.64. The average Bonchev–Trinajstić information content (AvgIpc) is 2.25. The maximum absolute atomic E-state index is 11.2. The molecule has 4 heteroatoms. The number of nitriles is 1. The normalized spacial score (nSPS) is 10.9. The maximum atomic E-state index is 11.2. The van der Waals surface area contributed by atoms with Crippen LogP contribution in [0, 0.1) is 11.3 Å². The molecule has 0 heterocycles. The first kappa shape index (κ1) is 14.0. The van der Waals surface area contributed by atoms with E-state index >= 15 is 0 Å². The number of ether oxygens (including phenoxy) is 1. The Labute approximate surface area is 96.1 Å². The Morgan fingerprint density at radius 2 is 2.31 bits per heavy atom. The van der Waals surface area contributed by atoms with Crippen LogP contribution in [0.25, 0.3) is 0 Å². The van der Waals surface area contributed by atoms with E-state index in [0.29, 0.717) is 6.54 Å². The van der Waals surface area contributed by atoms with Gasteiger partial charge in [-0.1, -0.05) is 6.08 Å². The predicted octanol–water partition coefficient (Wildman–Crippen LogP) is 1.63. The molecule has 0 saturated carbocycles. The van der Waals surface area contributed by atoms with Crippen LogP contribution in [0.3, 0.4) is 0 Å². The Balaban J connectivity index is 4.43. The average molecular weight is 220 g/mol. The van der Waals surface area contributed by atoms with Crippen molar-refractivity contribution in [1.29, 1.82) is 5.26 Å². The quantitative estimate of drug-likeness (QED) is 0.224. The predicted molar refractivity (Wildman–Crippen MR) is 62.3 cm³/mol. The van der Waals surface area contributed by atoms with Crippen LogP contribution in [0.4, 0.5) is 0 Å². The second-order valence-electron chi connectivity index (χ2n) is 2.98. The summed E-state index contributed by atoms with van der Waals surface area (Å²) in [6, 6.07) is 1.79. The highest BCUT2D eigenvalue weighted by Gasteiger charge is 2.07. The highest BCUT2D eigenvalue weighted by molar-refractivity contribution is 5.93. The van der Waals surface area contributed by atoms with Crippen LogP contribution >= 0.6 is 0 Å². The van der Waals surface area contributed by atoms with Crippen LogP contribution in [-0.2, 0) is 9.53 Å². The Kier molecular flexibility index (Phi) is 7.25. The van der Waals surface area contributed by atoms with Crippen molar-refractivity contribution in [3.8, 4) is 6.07 Å². The highest BCUT2D eigenvalue weighted by Crippen LogP contribution is 1.97. The second kappa shape index (κ2) is 8.30. The number of esters is 1. The monoisotopic (exact) mass is 220 g/mol. The molecule has 0 amide bonds. The van der Waals surface area contributed by atoms with Crippen molar-refractivity contribution in [2.24, 2.45) is 0 Å². The summed E-state index contributed by atoms with van der Waals surface area (Å²) in [5.41, 5.74) is -0.00916. The molecular formula is C12H16N2O2. The number of carbonyl (C=O) groups is 1. The lowest BCUT2D eigenvalue weighted by Gasteiger charge is -2.08. The molecule has 0 spiro atoms. The van der Waals surface area contributed by atoms with E-state index in [2.05, 4.69) is 6.58 Å². The Hall–Kier alpha value is -2.02. The smallest absolute Gasteiger partial charge is 0.348 e. The molecule has 0 radical (unpaired) electrons. The fourth-order valence-corrected chi connectivity index (χ4v) is 0.910. The summed E-state index contributed by atoms with van der Waals surface area (Å²) in [7, 11) is 1.86. The van der Waals surface area contributed by atoms with Crippen molar-refractivity contribution in [3.05, 3.63) is 36.6 Å². The summed E-state index contributed by atoms with van der Waals surface area (Å²) in [4.78, 5) is 13.1. The molecule has 0 aromatic carbocycles. The van der Waals surface area contributed by atoms with Crippen LogP contribution in [-0.4, -0.2) is 31.1 Å². The zero-order valence-electron chi connectivity index (χ0n) is 9.64. The summed E-state index contributed by atoms with van der Waals surface area (Å²) in [6.45, 7) is 6.25. The second-order valence-corrected chi connectivity index (χ2v) is 2.98. The number of hydrogen-bond donors (Lipinski definition) is 0. The van der Waals surface area contributed by atoms with Gasteiger partial charge in [-0.2, -0.15) is 5.26 Å². The van der Waals surface area contributed by atoms with Gasteiger partial charge in [0.2, 0.25) is 0 Å². The molecule has 4 nitrogen and oxygen atoms in total. The molecular weight excluding hydrogens is 204 g/mol. The van der Waals surface area contributed by atoms with Crippen LogP contribution in [0.5, 0.6) is 0 Å². The third-order valence-electron chi connectivity index (χ3n) is 1.64. The van der Waals surface area contributed by atoms with Crippen LogP contribution < -0.4 is 0 Å². The highest BCUT2D eigenvalue weighted by atomic mass is 16.5. The molecule has 0 aliphatic carbocycles. The van der Waals surface area contributed by atoms with Gasteiger partial charge >= 0.3 is 5.97 Å². The van der Waals surface area contributed by atoms with Crippen molar-refractivity contribution >= 4 is 5.97 Å².